The van der Waals surface area contributed by atoms with Gasteiger partial charge in [-0.1, -0.05) is 19.8 Å². The van der Waals surface area contributed by atoms with Crippen molar-refractivity contribution >= 4 is 11.3 Å². The summed E-state index contributed by atoms with van der Waals surface area (Å²) in [5.41, 5.74) is 1.23. The van der Waals surface area contributed by atoms with Crippen LogP contribution in [0.1, 0.15) is 43.3 Å². The number of nitrogens with one attached hydrogen (secondary N) is 1. The molecule has 0 amide bonds. The first-order chi connectivity index (χ1) is 8.78. The van der Waals surface area contributed by atoms with Crippen molar-refractivity contribution in [2.45, 2.75) is 45.7 Å². The van der Waals surface area contributed by atoms with E-state index in [2.05, 4.69) is 34.6 Å². The van der Waals surface area contributed by atoms with E-state index in [1.165, 1.54) is 42.9 Å². The summed E-state index contributed by atoms with van der Waals surface area (Å²) in [6, 6.07) is 0. The number of rotatable bonds is 7. The Balaban J connectivity index is 1.75. The zero-order valence-electron chi connectivity index (χ0n) is 11.6. The molecule has 0 spiro atoms. The molecule has 102 valence electrons. The van der Waals surface area contributed by atoms with Crippen molar-refractivity contribution < 1.29 is 0 Å². The molecular formula is C14H25N3S. The molecule has 1 aliphatic carbocycles. The summed E-state index contributed by atoms with van der Waals surface area (Å²) in [7, 11) is 2.22. The molecule has 1 aromatic rings. The normalized spacial score (nSPS) is 16.8. The molecule has 0 aromatic carbocycles. The summed E-state index contributed by atoms with van der Waals surface area (Å²) in [5.74, 6) is 0.926. The standard InChI is InChI=1S/C14H25N3S/c1-3-15-8-14-16-13(11-18-14)10-17(2)9-12-6-4-5-7-12/h11-12,15H,3-10H2,1-2H3. The van der Waals surface area contributed by atoms with Crippen LogP contribution in [0.5, 0.6) is 0 Å². The van der Waals surface area contributed by atoms with Gasteiger partial charge in [-0.05, 0) is 32.4 Å². The van der Waals surface area contributed by atoms with Gasteiger partial charge in [-0.3, -0.25) is 0 Å². The minimum absolute atomic E-state index is 0.910. The van der Waals surface area contributed by atoms with Gasteiger partial charge in [0.05, 0.1) is 5.69 Å². The molecule has 1 saturated carbocycles. The number of hydrogen-bond acceptors (Lipinski definition) is 4. The van der Waals surface area contributed by atoms with Crippen LogP contribution in [0.3, 0.4) is 0 Å². The molecule has 0 atom stereocenters. The third kappa shape index (κ3) is 4.34. The molecule has 1 aromatic heterocycles. The van der Waals surface area contributed by atoms with Crippen LogP contribution in [0, 0.1) is 5.92 Å². The summed E-state index contributed by atoms with van der Waals surface area (Å²) >= 11 is 1.77. The van der Waals surface area contributed by atoms with Gasteiger partial charge in [0.1, 0.15) is 5.01 Å². The van der Waals surface area contributed by atoms with Gasteiger partial charge in [0.2, 0.25) is 0 Å². The van der Waals surface area contributed by atoms with E-state index in [0.29, 0.717) is 0 Å². The van der Waals surface area contributed by atoms with Crippen molar-refractivity contribution in [1.29, 1.82) is 0 Å². The summed E-state index contributed by atoms with van der Waals surface area (Å²) in [4.78, 5) is 7.11. The summed E-state index contributed by atoms with van der Waals surface area (Å²) in [6.45, 7) is 6.28. The SMILES string of the molecule is CCNCc1nc(CN(C)CC2CCCC2)cs1. The molecule has 4 heteroatoms. The van der Waals surface area contributed by atoms with Crippen molar-refractivity contribution in [3.05, 3.63) is 16.1 Å². The Bertz CT molecular complexity index is 345. The van der Waals surface area contributed by atoms with Crippen LogP contribution in [0.15, 0.2) is 5.38 Å². The molecule has 0 aliphatic heterocycles. The predicted molar refractivity (Wildman–Crippen MR) is 77.8 cm³/mol. The van der Waals surface area contributed by atoms with E-state index in [-0.39, 0.29) is 0 Å². The third-order valence-corrected chi connectivity index (χ3v) is 4.50. The quantitative estimate of drug-likeness (QED) is 0.823. The van der Waals surface area contributed by atoms with Gasteiger partial charge in [0.15, 0.2) is 0 Å². The van der Waals surface area contributed by atoms with E-state index in [1.807, 2.05) is 0 Å². The largest absolute Gasteiger partial charge is 0.311 e. The molecule has 0 saturated heterocycles. The van der Waals surface area contributed by atoms with Crippen molar-refractivity contribution in [2.75, 3.05) is 20.1 Å². The fraction of sp³-hybridized carbons (Fsp3) is 0.786. The van der Waals surface area contributed by atoms with E-state index >= 15 is 0 Å². The fourth-order valence-corrected chi connectivity index (χ4v) is 3.46. The van der Waals surface area contributed by atoms with Gasteiger partial charge >= 0.3 is 0 Å². The second kappa shape index (κ2) is 7.22. The van der Waals surface area contributed by atoms with Crippen LogP contribution in [-0.2, 0) is 13.1 Å². The lowest BCUT2D eigenvalue weighted by Gasteiger charge is -2.19. The zero-order chi connectivity index (χ0) is 12.8. The van der Waals surface area contributed by atoms with Gasteiger partial charge in [-0.15, -0.1) is 11.3 Å². The van der Waals surface area contributed by atoms with E-state index in [1.54, 1.807) is 11.3 Å². The number of thiazole rings is 1. The van der Waals surface area contributed by atoms with Gasteiger partial charge in [-0.2, -0.15) is 0 Å². The van der Waals surface area contributed by atoms with E-state index in [4.69, 9.17) is 0 Å². The highest BCUT2D eigenvalue weighted by molar-refractivity contribution is 7.09. The van der Waals surface area contributed by atoms with Crippen LogP contribution in [0.4, 0.5) is 0 Å². The predicted octanol–water partition coefficient (Wildman–Crippen LogP) is 2.87. The van der Waals surface area contributed by atoms with Gasteiger partial charge in [0, 0.05) is 25.0 Å². The van der Waals surface area contributed by atoms with Crippen molar-refractivity contribution in [1.82, 2.24) is 15.2 Å². The minimum Gasteiger partial charge on any atom is -0.311 e. The summed E-state index contributed by atoms with van der Waals surface area (Å²) < 4.78 is 0. The first-order valence-electron chi connectivity index (χ1n) is 7.10. The van der Waals surface area contributed by atoms with E-state index in [9.17, 15) is 0 Å². The molecule has 0 radical (unpaired) electrons. The Kier molecular flexibility index (Phi) is 5.60. The average molecular weight is 267 g/mol. The lowest BCUT2D eigenvalue weighted by Crippen LogP contribution is -2.24. The van der Waals surface area contributed by atoms with Crippen molar-refractivity contribution in [2.24, 2.45) is 5.92 Å². The summed E-state index contributed by atoms with van der Waals surface area (Å²) in [6.07, 6.45) is 5.71. The average Bonchev–Trinajstić information content (AvgIpc) is 2.98. The molecule has 1 heterocycles. The van der Waals surface area contributed by atoms with Crippen LogP contribution in [0.25, 0.3) is 0 Å². The first kappa shape index (κ1) is 14.0. The van der Waals surface area contributed by atoms with Crippen LogP contribution >= 0.6 is 11.3 Å². The van der Waals surface area contributed by atoms with Gasteiger partial charge in [-0.25, -0.2) is 4.98 Å². The molecule has 0 bridgehead atoms. The fourth-order valence-electron chi connectivity index (χ4n) is 2.71. The van der Waals surface area contributed by atoms with Crippen LogP contribution < -0.4 is 5.32 Å². The van der Waals surface area contributed by atoms with Gasteiger partial charge < -0.3 is 10.2 Å². The van der Waals surface area contributed by atoms with Crippen LogP contribution in [-0.4, -0.2) is 30.0 Å². The Morgan fingerprint density at radius 1 is 1.44 bits per heavy atom. The molecule has 1 fully saturated rings. The first-order valence-corrected chi connectivity index (χ1v) is 7.98. The monoisotopic (exact) mass is 267 g/mol. The highest BCUT2D eigenvalue weighted by Gasteiger charge is 2.17. The summed E-state index contributed by atoms with van der Waals surface area (Å²) in [5, 5.41) is 6.74. The van der Waals surface area contributed by atoms with Gasteiger partial charge in [0.25, 0.3) is 0 Å². The highest BCUT2D eigenvalue weighted by Crippen LogP contribution is 2.25. The Morgan fingerprint density at radius 2 is 2.22 bits per heavy atom. The Morgan fingerprint density at radius 3 is 2.94 bits per heavy atom. The third-order valence-electron chi connectivity index (χ3n) is 3.60. The maximum absolute atomic E-state index is 4.68. The molecule has 18 heavy (non-hydrogen) atoms. The van der Waals surface area contributed by atoms with Crippen molar-refractivity contribution in [3.8, 4) is 0 Å². The Labute approximate surface area is 115 Å². The lowest BCUT2D eigenvalue weighted by molar-refractivity contribution is 0.269. The Hall–Kier alpha value is -0.450. The van der Waals surface area contributed by atoms with E-state index in [0.717, 1.165) is 25.6 Å². The molecule has 1 N–H and O–H groups in total. The smallest absolute Gasteiger partial charge is 0.107 e. The lowest BCUT2D eigenvalue weighted by atomic mass is 10.1. The second-order valence-electron chi connectivity index (χ2n) is 5.36. The molecular weight excluding hydrogens is 242 g/mol. The minimum atomic E-state index is 0.910. The van der Waals surface area contributed by atoms with Crippen LogP contribution in [0.2, 0.25) is 0 Å². The number of hydrogen-bond donors (Lipinski definition) is 1. The maximum Gasteiger partial charge on any atom is 0.107 e. The number of aromatic nitrogens is 1. The second-order valence-corrected chi connectivity index (χ2v) is 6.30. The topological polar surface area (TPSA) is 28.2 Å². The zero-order valence-corrected chi connectivity index (χ0v) is 12.4. The molecule has 0 unspecified atom stereocenters. The molecule has 3 nitrogen and oxygen atoms in total. The molecule has 1 aliphatic rings. The van der Waals surface area contributed by atoms with E-state index < -0.39 is 0 Å². The van der Waals surface area contributed by atoms with Crippen molar-refractivity contribution in [3.63, 3.8) is 0 Å². The number of nitrogens with zero attached hydrogens (tertiary/aromatic N) is 2. The maximum atomic E-state index is 4.68. The highest BCUT2D eigenvalue weighted by atomic mass is 32.1. The molecule has 2 rings (SSSR count).